The molecule has 0 atom stereocenters. The van der Waals surface area contributed by atoms with Crippen LogP contribution in [0.1, 0.15) is 43.9 Å². The number of nitrogens with one attached hydrogen (secondary N) is 1. The molecule has 0 aliphatic rings. The monoisotopic (exact) mass is 527 g/mol. The number of ether oxygens (including phenoxy) is 1. The number of aromatic nitrogens is 4. The number of aromatic carboxylic acids is 1. The van der Waals surface area contributed by atoms with Crippen molar-refractivity contribution in [3.05, 3.63) is 78.1 Å². The molecule has 3 heterocycles. The molecule has 0 saturated heterocycles. The van der Waals surface area contributed by atoms with E-state index in [-0.39, 0.29) is 11.4 Å². The fourth-order valence-corrected chi connectivity index (χ4v) is 4.45. The van der Waals surface area contributed by atoms with Crippen LogP contribution in [0.5, 0.6) is 0 Å². The molecule has 2 N–H and O–H groups in total. The normalized spacial score (nSPS) is 11.6. The van der Waals surface area contributed by atoms with Crippen molar-refractivity contribution in [3.63, 3.8) is 0 Å². The largest absolute Gasteiger partial charge is 0.478 e. The molecule has 10 heteroatoms. The lowest BCUT2D eigenvalue weighted by atomic mass is 10.0. The third kappa shape index (κ3) is 5.13. The fourth-order valence-electron chi connectivity index (χ4n) is 4.45. The Morgan fingerprint density at radius 3 is 2.51 bits per heavy atom. The Morgan fingerprint density at radius 2 is 1.79 bits per heavy atom. The third-order valence-corrected chi connectivity index (χ3v) is 6.02. The minimum Gasteiger partial charge on any atom is -0.478 e. The van der Waals surface area contributed by atoms with E-state index in [2.05, 4.69) is 20.3 Å². The number of carboxylic acid groups (broad SMARTS) is 1. The van der Waals surface area contributed by atoms with E-state index in [1.54, 1.807) is 57.3 Å². The topological polar surface area (TPSA) is 119 Å². The average molecular weight is 528 g/mol. The lowest BCUT2D eigenvalue weighted by Crippen LogP contribution is -2.27. The van der Waals surface area contributed by atoms with Gasteiger partial charge in [-0.15, -0.1) is 0 Å². The van der Waals surface area contributed by atoms with Crippen LogP contribution in [0.4, 0.5) is 15.0 Å². The predicted octanol–water partition coefficient (Wildman–Crippen LogP) is 6.38. The Labute approximate surface area is 223 Å². The number of rotatable bonds is 5. The first-order chi connectivity index (χ1) is 18.5. The van der Waals surface area contributed by atoms with Gasteiger partial charge in [-0.3, -0.25) is 14.9 Å². The minimum atomic E-state index is -1.13. The van der Waals surface area contributed by atoms with Crippen molar-refractivity contribution in [2.75, 3.05) is 5.32 Å². The van der Waals surface area contributed by atoms with Gasteiger partial charge in [0.1, 0.15) is 28.6 Å². The standard InChI is InChI=1S/C29H26FN5O4/c1-5-25-34-26-20(27(36)37)12-17(16-8-10-32-24(14-16)33-28(38)39-29(2,3)4)13-23(26)35(25)22-9-11-31-21-15-18(30)6-7-19(21)22/h6-15H,5H2,1-4H3,(H,36,37)(H,32,33,38). The number of aryl methyl sites for hydroxylation is 1. The Bertz CT molecular complexity index is 1760. The SMILES string of the molecule is CCc1nc2c(C(=O)O)cc(-c3ccnc(NC(=O)OC(C)(C)C)c3)cc2n1-c1ccnc2cc(F)ccc12. The number of halogens is 1. The number of hydrogen-bond donors (Lipinski definition) is 2. The second-order valence-electron chi connectivity index (χ2n) is 9.96. The number of benzene rings is 2. The molecule has 0 fully saturated rings. The molecule has 198 valence electrons. The summed E-state index contributed by atoms with van der Waals surface area (Å²) in [6.07, 6.45) is 2.97. The van der Waals surface area contributed by atoms with Gasteiger partial charge in [-0.2, -0.15) is 0 Å². The van der Waals surface area contributed by atoms with Crippen molar-refractivity contribution in [1.82, 2.24) is 19.5 Å². The second kappa shape index (κ2) is 9.79. The highest BCUT2D eigenvalue weighted by molar-refractivity contribution is 6.04. The fraction of sp³-hybridized carbons (Fsp3) is 0.207. The summed E-state index contributed by atoms with van der Waals surface area (Å²) in [4.78, 5) is 37.8. The molecular formula is C29H26FN5O4. The van der Waals surface area contributed by atoms with Gasteiger partial charge in [-0.25, -0.2) is 23.9 Å². The number of imidazole rings is 1. The Morgan fingerprint density at radius 1 is 1.03 bits per heavy atom. The predicted molar refractivity (Wildman–Crippen MR) is 146 cm³/mol. The van der Waals surface area contributed by atoms with Gasteiger partial charge in [0.25, 0.3) is 0 Å². The van der Waals surface area contributed by atoms with E-state index >= 15 is 0 Å². The van der Waals surface area contributed by atoms with Crippen LogP contribution in [0.25, 0.3) is 38.8 Å². The highest BCUT2D eigenvalue weighted by atomic mass is 19.1. The van der Waals surface area contributed by atoms with Crippen molar-refractivity contribution in [1.29, 1.82) is 0 Å². The molecular weight excluding hydrogens is 501 g/mol. The summed E-state index contributed by atoms with van der Waals surface area (Å²) < 4.78 is 21.1. The van der Waals surface area contributed by atoms with E-state index in [9.17, 15) is 19.1 Å². The zero-order valence-corrected chi connectivity index (χ0v) is 21.8. The van der Waals surface area contributed by atoms with Crippen LogP contribution < -0.4 is 5.32 Å². The molecule has 5 rings (SSSR count). The summed E-state index contributed by atoms with van der Waals surface area (Å²) in [6.45, 7) is 7.21. The Balaban J connectivity index is 1.70. The molecule has 3 aromatic heterocycles. The summed E-state index contributed by atoms with van der Waals surface area (Å²) in [5.74, 6) is -0.633. The zero-order valence-electron chi connectivity index (χ0n) is 21.8. The smallest absolute Gasteiger partial charge is 0.413 e. The molecule has 5 aromatic rings. The van der Waals surface area contributed by atoms with Crippen LogP contribution in [0.3, 0.4) is 0 Å². The van der Waals surface area contributed by atoms with Gasteiger partial charge < -0.3 is 9.84 Å². The van der Waals surface area contributed by atoms with Crippen LogP contribution in [0, 0.1) is 5.82 Å². The van der Waals surface area contributed by atoms with Gasteiger partial charge in [0.15, 0.2) is 0 Å². The summed E-state index contributed by atoms with van der Waals surface area (Å²) in [5, 5.41) is 13.4. The number of anilines is 1. The summed E-state index contributed by atoms with van der Waals surface area (Å²) >= 11 is 0. The van der Waals surface area contributed by atoms with Crippen LogP contribution in [-0.4, -0.2) is 42.3 Å². The molecule has 0 aliphatic heterocycles. The Hall–Kier alpha value is -4.86. The van der Waals surface area contributed by atoms with Gasteiger partial charge >= 0.3 is 12.1 Å². The van der Waals surface area contributed by atoms with Gasteiger partial charge in [0.05, 0.1) is 22.3 Å². The molecule has 0 saturated carbocycles. The number of amides is 1. The molecule has 0 radical (unpaired) electrons. The number of carboxylic acids is 1. The maximum Gasteiger partial charge on any atom is 0.413 e. The van der Waals surface area contributed by atoms with Crippen molar-refractivity contribution < 1.29 is 23.8 Å². The maximum absolute atomic E-state index is 13.9. The lowest BCUT2D eigenvalue weighted by Gasteiger charge is -2.19. The quantitative estimate of drug-likeness (QED) is 0.272. The molecule has 0 aliphatic carbocycles. The summed E-state index contributed by atoms with van der Waals surface area (Å²) in [6, 6.07) is 12.9. The number of carbonyl (C=O) groups is 2. The highest BCUT2D eigenvalue weighted by Gasteiger charge is 2.22. The number of nitrogens with zero attached hydrogens (tertiary/aromatic N) is 4. The van der Waals surface area contributed by atoms with Crippen molar-refractivity contribution in [3.8, 4) is 16.8 Å². The third-order valence-electron chi connectivity index (χ3n) is 6.02. The van der Waals surface area contributed by atoms with E-state index in [1.807, 2.05) is 17.6 Å². The van der Waals surface area contributed by atoms with Crippen LogP contribution in [0.15, 0.2) is 60.9 Å². The second-order valence-corrected chi connectivity index (χ2v) is 9.96. The average Bonchev–Trinajstić information content (AvgIpc) is 3.24. The maximum atomic E-state index is 13.9. The molecule has 0 unspecified atom stereocenters. The Kier molecular flexibility index (Phi) is 6.47. The number of pyridine rings is 2. The number of carbonyl (C=O) groups excluding carboxylic acids is 1. The van der Waals surface area contributed by atoms with E-state index in [4.69, 9.17) is 4.74 Å². The van der Waals surface area contributed by atoms with Gasteiger partial charge in [0.2, 0.25) is 0 Å². The van der Waals surface area contributed by atoms with Crippen molar-refractivity contribution in [2.24, 2.45) is 0 Å². The van der Waals surface area contributed by atoms with Crippen molar-refractivity contribution in [2.45, 2.75) is 39.7 Å². The molecule has 0 spiro atoms. The first-order valence-electron chi connectivity index (χ1n) is 12.3. The van der Waals surface area contributed by atoms with E-state index in [0.29, 0.717) is 51.0 Å². The van der Waals surface area contributed by atoms with Crippen molar-refractivity contribution >= 4 is 39.8 Å². The number of fused-ring (bicyclic) bond motifs is 2. The number of hydrogen-bond acceptors (Lipinski definition) is 6. The lowest BCUT2D eigenvalue weighted by molar-refractivity contribution is 0.0633. The zero-order chi connectivity index (χ0) is 27.9. The molecule has 1 amide bonds. The van der Waals surface area contributed by atoms with E-state index in [0.717, 1.165) is 0 Å². The molecule has 2 aromatic carbocycles. The molecule has 0 bridgehead atoms. The molecule has 9 nitrogen and oxygen atoms in total. The molecule has 39 heavy (non-hydrogen) atoms. The van der Waals surface area contributed by atoms with Gasteiger partial charge in [-0.1, -0.05) is 6.92 Å². The van der Waals surface area contributed by atoms with Gasteiger partial charge in [-0.05, 0) is 74.4 Å². The summed E-state index contributed by atoms with van der Waals surface area (Å²) in [7, 11) is 0. The highest BCUT2D eigenvalue weighted by Crippen LogP contribution is 2.33. The van der Waals surface area contributed by atoms with Crippen LogP contribution >= 0.6 is 0 Å². The first-order valence-corrected chi connectivity index (χ1v) is 12.3. The van der Waals surface area contributed by atoms with Gasteiger partial charge in [0, 0.05) is 30.3 Å². The van der Waals surface area contributed by atoms with E-state index in [1.165, 1.54) is 18.3 Å². The van der Waals surface area contributed by atoms with E-state index < -0.39 is 23.5 Å². The minimum absolute atomic E-state index is 0.0267. The first kappa shape index (κ1) is 25.8. The van der Waals surface area contributed by atoms with Crippen LogP contribution in [-0.2, 0) is 11.2 Å². The summed E-state index contributed by atoms with van der Waals surface area (Å²) in [5.41, 5.74) is 2.64. The van der Waals surface area contributed by atoms with Crippen LogP contribution in [0.2, 0.25) is 0 Å².